The smallest absolute Gasteiger partial charge is 0.272 e. The van der Waals surface area contributed by atoms with Gasteiger partial charge < -0.3 is 5.73 Å². The number of carbonyl (C=O) groups excluding carboxylic acids is 1. The van der Waals surface area contributed by atoms with Gasteiger partial charge in [0.1, 0.15) is 5.00 Å². The summed E-state index contributed by atoms with van der Waals surface area (Å²) in [6.45, 7) is 0. The van der Waals surface area contributed by atoms with E-state index in [-0.39, 0.29) is 10.7 Å². The second-order valence-corrected chi connectivity index (χ2v) is 2.27. The lowest BCUT2D eigenvalue weighted by Gasteiger charge is -1.84. The first-order chi connectivity index (χ1) is 5.25. The van der Waals surface area contributed by atoms with E-state index in [1.807, 2.05) is 0 Å². The first-order valence-corrected chi connectivity index (χ1v) is 3.20. The number of nitrogens with two attached hydrogens (primary N) is 1. The minimum absolute atomic E-state index is 0.0900. The van der Waals surface area contributed by atoms with Crippen LogP contribution in [0.3, 0.4) is 0 Å². The van der Waals surface area contributed by atoms with Gasteiger partial charge in [-0.2, -0.15) is 0 Å². The van der Waals surface area contributed by atoms with E-state index in [2.05, 4.69) is 19.6 Å². The van der Waals surface area contributed by atoms with Gasteiger partial charge in [0.15, 0.2) is 5.69 Å². The average Bonchev–Trinajstić information content (AvgIpc) is 2.36. The highest BCUT2D eigenvalue weighted by Crippen LogP contribution is 2.12. The van der Waals surface area contributed by atoms with E-state index in [9.17, 15) is 4.79 Å². The molecular formula is C3H2N6OS. The number of azide groups is 1. The molecule has 0 aliphatic rings. The van der Waals surface area contributed by atoms with Gasteiger partial charge in [-0.05, 0) is 10.6 Å². The molecule has 1 heterocycles. The van der Waals surface area contributed by atoms with E-state index in [4.69, 9.17) is 11.3 Å². The van der Waals surface area contributed by atoms with Crippen LogP contribution in [-0.4, -0.2) is 15.5 Å². The van der Waals surface area contributed by atoms with Crippen molar-refractivity contribution >= 4 is 22.4 Å². The second kappa shape index (κ2) is 2.95. The minimum atomic E-state index is -0.807. The lowest BCUT2D eigenvalue weighted by molar-refractivity contribution is 0.0996. The molecule has 1 amide bonds. The van der Waals surface area contributed by atoms with Crippen molar-refractivity contribution in [3.63, 3.8) is 0 Å². The third-order valence-corrected chi connectivity index (χ3v) is 1.40. The number of amides is 1. The Hall–Kier alpha value is -1.66. The fourth-order valence-electron chi connectivity index (χ4n) is 0.434. The molecule has 11 heavy (non-hydrogen) atoms. The van der Waals surface area contributed by atoms with Crippen molar-refractivity contribution in [3.8, 4) is 0 Å². The molecule has 0 bridgehead atoms. The fourth-order valence-corrected chi connectivity index (χ4v) is 0.859. The summed E-state index contributed by atoms with van der Waals surface area (Å²) in [4.78, 5) is 13.0. The Balaban J connectivity index is 3.02. The summed E-state index contributed by atoms with van der Waals surface area (Å²) < 4.78 is 3.39. The zero-order chi connectivity index (χ0) is 8.27. The molecule has 0 fully saturated rings. The molecule has 1 aromatic heterocycles. The predicted molar refractivity (Wildman–Crippen MR) is 37.8 cm³/mol. The summed E-state index contributed by atoms with van der Waals surface area (Å²) in [6.07, 6.45) is 0. The zero-order valence-corrected chi connectivity index (χ0v) is 5.95. The predicted octanol–water partition coefficient (Wildman–Crippen LogP) is 0.571. The Morgan fingerprint density at radius 1 is 1.82 bits per heavy atom. The van der Waals surface area contributed by atoms with Crippen molar-refractivity contribution in [2.24, 2.45) is 5.11 Å². The van der Waals surface area contributed by atoms with Gasteiger partial charge in [0, 0.05) is 16.4 Å². The summed E-state index contributed by atoms with van der Waals surface area (Å²) in [5, 5.41) is 6.31. The molecule has 0 aliphatic heterocycles. The molecule has 0 saturated heterocycles. The van der Waals surface area contributed by atoms with E-state index in [0.717, 1.165) is 11.5 Å². The summed E-state index contributed by atoms with van der Waals surface area (Å²) in [5.41, 5.74) is 13.0. The van der Waals surface area contributed by atoms with E-state index in [1.165, 1.54) is 0 Å². The van der Waals surface area contributed by atoms with Gasteiger partial charge >= 0.3 is 0 Å². The molecule has 0 unspecified atom stereocenters. The summed E-state index contributed by atoms with van der Waals surface area (Å²) in [6, 6.07) is 0. The molecule has 2 N–H and O–H groups in total. The van der Waals surface area contributed by atoms with Gasteiger partial charge in [-0.15, -0.1) is 5.10 Å². The van der Waals surface area contributed by atoms with Crippen molar-refractivity contribution < 1.29 is 4.79 Å². The van der Waals surface area contributed by atoms with Crippen LogP contribution in [0.15, 0.2) is 5.11 Å². The number of hydrogen-bond acceptors (Lipinski definition) is 5. The maximum absolute atomic E-state index is 10.7. The molecule has 0 saturated carbocycles. The summed E-state index contributed by atoms with van der Waals surface area (Å²) in [7, 11) is 0. The Morgan fingerprint density at radius 3 is 3.00 bits per heavy atom. The van der Waals surface area contributed by atoms with Gasteiger partial charge in [-0.25, -0.2) is 0 Å². The third-order valence-electron chi connectivity index (χ3n) is 0.852. The van der Waals surface area contributed by atoms with Crippen molar-refractivity contribution in [1.82, 2.24) is 9.59 Å². The van der Waals surface area contributed by atoms with Gasteiger partial charge in [-0.3, -0.25) is 4.79 Å². The van der Waals surface area contributed by atoms with Crippen molar-refractivity contribution in [1.29, 1.82) is 0 Å². The van der Waals surface area contributed by atoms with E-state index in [1.54, 1.807) is 0 Å². The summed E-state index contributed by atoms with van der Waals surface area (Å²) >= 11 is 0.871. The maximum atomic E-state index is 10.7. The van der Waals surface area contributed by atoms with E-state index >= 15 is 0 Å². The van der Waals surface area contributed by atoms with Crippen molar-refractivity contribution in [3.05, 3.63) is 16.1 Å². The van der Waals surface area contributed by atoms with Crippen LogP contribution in [0.1, 0.15) is 10.5 Å². The Bertz CT molecular complexity index is 324. The van der Waals surface area contributed by atoms with Crippen molar-refractivity contribution in [2.45, 2.75) is 0 Å². The molecule has 56 valence electrons. The van der Waals surface area contributed by atoms with Crippen LogP contribution >= 0.6 is 11.5 Å². The number of anilines is 1. The largest absolute Gasteiger partial charge is 0.387 e. The molecule has 0 spiro atoms. The lowest BCUT2D eigenvalue weighted by atomic mass is 10.4. The highest BCUT2D eigenvalue weighted by atomic mass is 32.1. The quantitative estimate of drug-likeness (QED) is 0.376. The standard InChI is InChI=1S/C3H2N6OS/c4-2-1(6-9-11-2)3(10)7-8-5/h4H2. The zero-order valence-electron chi connectivity index (χ0n) is 5.13. The second-order valence-electron chi connectivity index (χ2n) is 1.48. The summed E-state index contributed by atoms with van der Waals surface area (Å²) in [5.74, 6) is -0.807. The van der Waals surface area contributed by atoms with Crippen LogP contribution in [0.25, 0.3) is 10.4 Å². The van der Waals surface area contributed by atoms with Gasteiger partial charge in [0.25, 0.3) is 5.91 Å². The average molecular weight is 170 g/mol. The molecule has 7 nitrogen and oxygen atoms in total. The lowest BCUT2D eigenvalue weighted by Crippen LogP contribution is -1.98. The van der Waals surface area contributed by atoms with Gasteiger partial charge in [-0.1, -0.05) is 4.49 Å². The number of rotatable bonds is 1. The van der Waals surface area contributed by atoms with E-state index in [0.29, 0.717) is 0 Å². The fraction of sp³-hybridized carbons (Fsp3) is 0. The first-order valence-electron chi connectivity index (χ1n) is 2.43. The van der Waals surface area contributed by atoms with Crippen LogP contribution < -0.4 is 5.73 Å². The highest BCUT2D eigenvalue weighted by molar-refractivity contribution is 7.10. The molecule has 0 atom stereocenters. The molecule has 8 heteroatoms. The van der Waals surface area contributed by atoms with Gasteiger partial charge in [0.05, 0.1) is 0 Å². The normalized spacial score (nSPS) is 8.73. The third kappa shape index (κ3) is 1.42. The SMILES string of the molecule is [N-]=[N+]=NC(=O)c1nnsc1N. The topological polar surface area (TPSA) is 118 Å². The number of carbonyl (C=O) groups is 1. The van der Waals surface area contributed by atoms with Crippen LogP contribution in [0, 0.1) is 0 Å². The Labute approximate surface area is 64.6 Å². The number of nitrogen functional groups attached to an aromatic ring is 1. The van der Waals surface area contributed by atoms with Crippen LogP contribution in [0.2, 0.25) is 0 Å². The molecule has 1 rings (SSSR count). The van der Waals surface area contributed by atoms with Gasteiger partial charge in [0.2, 0.25) is 0 Å². The number of aromatic nitrogens is 2. The van der Waals surface area contributed by atoms with Crippen LogP contribution in [0.5, 0.6) is 0 Å². The minimum Gasteiger partial charge on any atom is -0.387 e. The molecular weight excluding hydrogens is 168 g/mol. The first kappa shape index (κ1) is 7.45. The van der Waals surface area contributed by atoms with E-state index < -0.39 is 5.91 Å². The molecule has 0 aliphatic carbocycles. The Kier molecular flexibility index (Phi) is 2.00. The Morgan fingerprint density at radius 2 is 2.55 bits per heavy atom. The van der Waals surface area contributed by atoms with Crippen LogP contribution in [-0.2, 0) is 0 Å². The monoisotopic (exact) mass is 170 g/mol. The maximum Gasteiger partial charge on any atom is 0.272 e. The van der Waals surface area contributed by atoms with Crippen LogP contribution in [0.4, 0.5) is 5.00 Å². The molecule has 0 radical (unpaired) electrons. The molecule has 0 aromatic carbocycles. The number of nitrogens with zero attached hydrogens (tertiary/aromatic N) is 5. The highest BCUT2D eigenvalue weighted by Gasteiger charge is 2.11. The number of hydrogen-bond donors (Lipinski definition) is 1. The van der Waals surface area contributed by atoms with Crippen molar-refractivity contribution in [2.75, 3.05) is 5.73 Å². The molecule has 1 aromatic rings.